The van der Waals surface area contributed by atoms with Crippen LogP contribution in [0.4, 0.5) is 5.69 Å². The number of nitrogens with zero attached hydrogens (tertiary/aromatic N) is 2. The molecule has 2 aromatic rings. The highest BCUT2D eigenvalue weighted by molar-refractivity contribution is 5.73. The van der Waals surface area contributed by atoms with E-state index >= 15 is 0 Å². The summed E-state index contributed by atoms with van der Waals surface area (Å²) in [5.74, 6) is 2.27. The molecule has 2 aliphatic rings. The van der Waals surface area contributed by atoms with E-state index in [4.69, 9.17) is 14.2 Å². The number of benzene rings is 2. The second-order valence-corrected chi connectivity index (χ2v) is 7.19. The maximum absolute atomic E-state index is 11.1. The van der Waals surface area contributed by atoms with E-state index in [1.165, 1.54) is 0 Å². The van der Waals surface area contributed by atoms with Gasteiger partial charge in [-0.25, -0.2) is 0 Å². The first-order valence-electron chi connectivity index (χ1n) is 9.38. The number of aromatic hydroxyl groups is 1. The monoisotopic (exact) mass is 370 g/mol. The van der Waals surface area contributed by atoms with Crippen LogP contribution in [0.2, 0.25) is 0 Å². The van der Waals surface area contributed by atoms with Crippen LogP contribution < -0.4 is 14.4 Å². The van der Waals surface area contributed by atoms with Crippen molar-refractivity contribution in [2.24, 2.45) is 0 Å². The van der Waals surface area contributed by atoms with Crippen LogP contribution in [0, 0.1) is 0 Å². The van der Waals surface area contributed by atoms with Gasteiger partial charge < -0.3 is 29.1 Å². The van der Waals surface area contributed by atoms with Crippen LogP contribution in [0.25, 0.3) is 0 Å². The number of morpholine rings is 1. The average molecular weight is 370 g/mol. The Kier molecular flexibility index (Phi) is 5.09. The quantitative estimate of drug-likeness (QED) is 0.745. The minimum atomic E-state index is 0.183. The largest absolute Gasteiger partial charge is 0.504 e. The van der Waals surface area contributed by atoms with Crippen LogP contribution >= 0.6 is 0 Å². The number of para-hydroxylation sites is 1. The van der Waals surface area contributed by atoms with Crippen molar-refractivity contribution in [2.45, 2.75) is 6.42 Å². The Bertz CT molecular complexity index is 816. The lowest BCUT2D eigenvalue weighted by Gasteiger charge is -2.32. The fourth-order valence-electron chi connectivity index (χ4n) is 3.48. The van der Waals surface area contributed by atoms with Gasteiger partial charge in [0.15, 0.2) is 11.5 Å². The smallest absolute Gasteiger partial charge is 0.184 e. The van der Waals surface area contributed by atoms with Crippen molar-refractivity contribution in [3.8, 4) is 23.0 Å². The van der Waals surface area contributed by atoms with Gasteiger partial charge in [-0.1, -0.05) is 18.2 Å². The van der Waals surface area contributed by atoms with Crippen LogP contribution in [0.1, 0.15) is 11.1 Å². The van der Waals surface area contributed by atoms with E-state index in [1.807, 2.05) is 44.4 Å². The number of ether oxygens (including phenoxy) is 3. The van der Waals surface area contributed by atoms with Gasteiger partial charge in [0.25, 0.3) is 0 Å². The summed E-state index contributed by atoms with van der Waals surface area (Å²) in [5.41, 5.74) is 2.72. The molecule has 0 aliphatic carbocycles. The van der Waals surface area contributed by atoms with Crippen molar-refractivity contribution in [3.63, 3.8) is 0 Å². The van der Waals surface area contributed by atoms with Crippen molar-refractivity contribution in [3.05, 3.63) is 41.5 Å². The van der Waals surface area contributed by atoms with Crippen LogP contribution in [-0.2, 0) is 11.2 Å². The van der Waals surface area contributed by atoms with Gasteiger partial charge in [-0.05, 0) is 25.7 Å². The number of hydrogen-bond acceptors (Lipinski definition) is 6. The number of rotatable bonds is 5. The maximum Gasteiger partial charge on any atom is 0.184 e. The molecule has 0 spiro atoms. The summed E-state index contributed by atoms with van der Waals surface area (Å²) in [4.78, 5) is 4.25. The van der Waals surface area contributed by atoms with Gasteiger partial charge in [0.1, 0.15) is 18.1 Å². The Morgan fingerprint density at radius 1 is 1.15 bits per heavy atom. The Morgan fingerprint density at radius 2 is 1.93 bits per heavy atom. The molecule has 27 heavy (non-hydrogen) atoms. The van der Waals surface area contributed by atoms with E-state index in [-0.39, 0.29) is 5.75 Å². The van der Waals surface area contributed by atoms with E-state index in [0.29, 0.717) is 37.7 Å². The third kappa shape index (κ3) is 3.68. The molecule has 0 unspecified atom stereocenters. The number of likely N-dealkylation sites (N-methyl/N-ethyl adjacent to an activating group) is 1. The lowest BCUT2D eigenvalue weighted by molar-refractivity contribution is 0.122. The predicted octanol–water partition coefficient (Wildman–Crippen LogP) is 2.87. The standard InChI is InChI=1S/C21H26N2O4/c1-22(2)7-12-26-21-17(23-8-10-25-11-9-23)14-19-16(20(21)24)13-15-5-3-4-6-18(15)27-19/h3-6,14,24H,7-13H2,1-2H3. The summed E-state index contributed by atoms with van der Waals surface area (Å²) in [6, 6.07) is 9.94. The minimum absolute atomic E-state index is 0.183. The highest BCUT2D eigenvalue weighted by atomic mass is 16.5. The van der Waals surface area contributed by atoms with Crippen molar-refractivity contribution in [2.75, 3.05) is 58.5 Å². The van der Waals surface area contributed by atoms with Crippen molar-refractivity contribution in [1.29, 1.82) is 0 Å². The molecule has 2 aliphatic heterocycles. The molecule has 0 amide bonds. The highest BCUT2D eigenvalue weighted by Gasteiger charge is 2.28. The van der Waals surface area contributed by atoms with Gasteiger partial charge in [0.05, 0.1) is 18.9 Å². The Morgan fingerprint density at radius 3 is 2.70 bits per heavy atom. The van der Waals surface area contributed by atoms with Gasteiger partial charge in [0.2, 0.25) is 0 Å². The molecule has 1 saturated heterocycles. The number of phenolic OH excluding ortho intramolecular Hbond substituents is 1. The Labute approximate surface area is 159 Å². The van der Waals surface area contributed by atoms with Gasteiger partial charge in [-0.3, -0.25) is 0 Å². The lowest BCUT2D eigenvalue weighted by Crippen LogP contribution is -2.36. The summed E-state index contributed by atoms with van der Waals surface area (Å²) in [6.45, 7) is 4.14. The first kappa shape index (κ1) is 17.9. The molecule has 0 aromatic heterocycles. The van der Waals surface area contributed by atoms with Crippen LogP contribution in [0.5, 0.6) is 23.0 Å². The van der Waals surface area contributed by atoms with Crippen molar-refractivity contribution in [1.82, 2.24) is 4.90 Å². The van der Waals surface area contributed by atoms with E-state index in [2.05, 4.69) is 9.80 Å². The third-order valence-electron chi connectivity index (χ3n) is 5.00. The molecular weight excluding hydrogens is 344 g/mol. The number of hydrogen-bond donors (Lipinski definition) is 1. The van der Waals surface area contributed by atoms with E-state index in [1.54, 1.807) is 0 Å². The molecule has 0 bridgehead atoms. The van der Waals surface area contributed by atoms with Crippen molar-refractivity contribution < 1.29 is 19.3 Å². The third-order valence-corrected chi connectivity index (χ3v) is 5.00. The number of phenols is 1. The maximum atomic E-state index is 11.1. The first-order valence-corrected chi connectivity index (χ1v) is 9.38. The highest BCUT2D eigenvalue weighted by Crippen LogP contribution is 2.49. The van der Waals surface area contributed by atoms with Crippen LogP contribution in [0.15, 0.2) is 30.3 Å². The fourth-order valence-corrected chi connectivity index (χ4v) is 3.48. The van der Waals surface area contributed by atoms with E-state index < -0.39 is 0 Å². The molecule has 1 N–H and O–H groups in total. The van der Waals surface area contributed by atoms with Crippen LogP contribution in [0.3, 0.4) is 0 Å². The zero-order chi connectivity index (χ0) is 18.8. The average Bonchev–Trinajstić information content (AvgIpc) is 2.69. The van der Waals surface area contributed by atoms with Crippen molar-refractivity contribution >= 4 is 5.69 Å². The summed E-state index contributed by atoms with van der Waals surface area (Å²) in [5, 5.41) is 11.1. The number of fused-ring (bicyclic) bond motifs is 2. The topological polar surface area (TPSA) is 54.4 Å². The normalized spacial score (nSPS) is 15.9. The molecular formula is C21H26N2O4. The molecule has 4 rings (SSSR count). The van der Waals surface area contributed by atoms with Crippen LogP contribution in [-0.4, -0.2) is 63.6 Å². The molecule has 0 radical (unpaired) electrons. The Balaban J connectivity index is 1.72. The predicted molar refractivity (Wildman–Crippen MR) is 105 cm³/mol. The molecule has 2 heterocycles. The Hall–Kier alpha value is -2.44. The van der Waals surface area contributed by atoms with Gasteiger partial charge >= 0.3 is 0 Å². The second kappa shape index (κ2) is 7.66. The van der Waals surface area contributed by atoms with Gasteiger partial charge in [0, 0.05) is 37.7 Å². The van der Waals surface area contributed by atoms with Gasteiger partial charge in [-0.15, -0.1) is 0 Å². The minimum Gasteiger partial charge on any atom is -0.504 e. The van der Waals surface area contributed by atoms with E-state index in [0.717, 1.165) is 42.2 Å². The first-order chi connectivity index (χ1) is 13.1. The molecule has 2 aromatic carbocycles. The van der Waals surface area contributed by atoms with Gasteiger partial charge in [-0.2, -0.15) is 0 Å². The van der Waals surface area contributed by atoms with E-state index in [9.17, 15) is 5.11 Å². The molecule has 1 fully saturated rings. The summed E-state index contributed by atoms with van der Waals surface area (Å²) in [6.07, 6.45) is 0.630. The molecule has 6 heteroatoms. The molecule has 144 valence electrons. The molecule has 0 saturated carbocycles. The molecule has 6 nitrogen and oxygen atoms in total. The lowest BCUT2D eigenvalue weighted by atomic mass is 9.98. The SMILES string of the molecule is CN(C)CCOc1c(N2CCOCC2)cc2c(c1O)Cc1ccccc1O2. The fraction of sp³-hybridized carbons (Fsp3) is 0.429. The summed E-state index contributed by atoms with van der Waals surface area (Å²) < 4.78 is 17.6. The zero-order valence-electron chi connectivity index (χ0n) is 15.9. The number of anilines is 1. The zero-order valence-corrected chi connectivity index (χ0v) is 15.9. The summed E-state index contributed by atoms with van der Waals surface area (Å²) >= 11 is 0. The molecule has 0 atom stereocenters. The second-order valence-electron chi connectivity index (χ2n) is 7.19. The summed E-state index contributed by atoms with van der Waals surface area (Å²) in [7, 11) is 4.01.